The van der Waals surface area contributed by atoms with Crippen LogP contribution in [0.4, 0.5) is 5.69 Å². The van der Waals surface area contributed by atoms with Crippen LogP contribution in [-0.4, -0.2) is 61.3 Å². The van der Waals surface area contributed by atoms with Gasteiger partial charge < -0.3 is 10.6 Å². The van der Waals surface area contributed by atoms with E-state index < -0.39 is 11.6 Å². The van der Waals surface area contributed by atoms with E-state index in [1.165, 1.54) is 28.7 Å². The first-order valence-corrected chi connectivity index (χ1v) is 14.4. The number of likely N-dealkylation sites (tertiary alicyclic amines) is 1. The van der Waals surface area contributed by atoms with Crippen LogP contribution in [0.15, 0.2) is 77.6 Å². The van der Waals surface area contributed by atoms with Crippen LogP contribution in [0.5, 0.6) is 0 Å². The standard InChI is InChI=1S/C32H30N8O3/c33-29(41)27-26-14-17-39(23-12-10-20(11-13-23)25-9-2-1-6-22(25)19-38-15-3-4-16-38)31(42)28(26)40(37-27)24-8-5-7-21(18-24)30-34-32(43)36-35-30/h1-2,5-13,18H,3-4,14-17,19H2,(H2,33,41)(H2,34,35,36,43). The fourth-order valence-electron chi connectivity index (χ4n) is 6.13. The number of primary amides is 1. The second-order valence-corrected chi connectivity index (χ2v) is 10.9. The molecule has 43 heavy (non-hydrogen) atoms. The highest BCUT2D eigenvalue weighted by atomic mass is 16.2. The Balaban J connectivity index is 1.21. The van der Waals surface area contributed by atoms with E-state index in [9.17, 15) is 14.4 Å². The van der Waals surface area contributed by atoms with Gasteiger partial charge >= 0.3 is 5.69 Å². The summed E-state index contributed by atoms with van der Waals surface area (Å²) in [6.45, 7) is 3.58. The van der Waals surface area contributed by atoms with E-state index in [0.717, 1.165) is 30.9 Å². The molecule has 5 aromatic rings. The first-order chi connectivity index (χ1) is 21.0. The molecule has 0 bridgehead atoms. The Kier molecular flexibility index (Phi) is 6.71. The van der Waals surface area contributed by atoms with Gasteiger partial charge in [-0.2, -0.15) is 10.2 Å². The number of anilines is 1. The van der Waals surface area contributed by atoms with E-state index in [-0.39, 0.29) is 17.3 Å². The zero-order valence-corrected chi connectivity index (χ0v) is 23.4. The molecule has 11 nitrogen and oxygen atoms in total. The van der Waals surface area contributed by atoms with Gasteiger partial charge in [-0.25, -0.2) is 14.6 Å². The van der Waals surface area contributed by atoms with Crippen molar-refractivity contribution >= 4 is 17.5 Å². The SMILES string of the molecule is NC(=O)c1nn(-c2cccc(-c3n[nH]c(=O)[nH]3)c2)c2c1CCN(c1ccc(-c3ccccc3CN3CCCC3)cc1)C2=O. The van der Waals surface area contributed by atoms with Gasteiger partial charge in [0.25, 0.3) is 11.8 Å². The Bertz CT molecular complexity index is 1900. The van der Waals surface area contributed by atoms with E-state index in [1.807, 2.05) is 12.1 Å². The molecule has 0 spiro atoms. The third-order valence-electron chi connectivity index (χ3n) is 8.22. The van der Waals surface area contributed by atoms with Gasteiger partial charge in [-0.15, -0.1) is 0 Å². The molecule has 2 aromatic heterocycles. The number of rotatable bonds is 7. The summed E-state index contributed by atoms with van der Waals surface area (Å²) in [6.07, 6.45) is 2.92. The Labute approximate surface area is 247 Å². The zero-order valence-electron chi connectivity index (χ0n) is 23.4. The normalized spacial score (nSPS) is 15.2. The van der Waals surface area contributed by atoms with Crippen molar-refractivity contribution < 1.29 is 9.59 Å². The maximum absolute atomic E-state index is 14.1. The number of fused-ring (bicyclic) bond motifs is 1. The molecule has 2 aliphatic heterocycles. The molecule has 4 N–H and O–H groups in total. The van der Waals surface area contributed by atoms with Crippen LogP contribution in [0.1, 0.15) is 44.9 Å². The molecule has 4 heterocycles. The number of benzene rings is 3. The summed E-state index contributed by atoms with van der Waals surface area (Å²) in [7, 11) is 0. The predicted octanol–water partition coefficient (Wildman–Crippen LogP) is 3.52. The Hall–Kier alpha value is -5.29. The van der Waals surface area contributed by atoms with Crippen LogP contribution in [0, 0.1) is 0 Å². The summed E-state index contributed by atoms with van der Waals surface area (Å²) in [6, 6.07) is 23.6. The fraction of sp³-hybridized carbons (Fsp3) is 0.219. The molecular formula is C32H30N8O3. The second-order valence-electron chi connectivity index (χ2n) is 10.9. The number of carbonyl (C=O) groups excluding carboxylic acids is 2. The zero-order chi connectivity index (χ0) is 29.5. The lowest BCUT2D eigenvalue weighted by atomic mass is 9.98. The quantitative estimate of drug-likeness (QED) is 0.271. The van der Waals surface area contributed by atoms with Gasteiger partial charge in [0.1, 0.15) is 5.69 Å². The lowest BCUT2D eigenvalue weighted by Gasteiger charge is -2.28. The molecule has 0 atom stereocenters. The lowest BCUT2D eigenvalue weighted by Crippen LogP contribution is -2.39. The van der Waals surface area contributed by atoms with Crippen LogP contribution in [0.25, 0.3) is 28.2 Å². The Morgan fingerprint density at radius 2 is 1.67 bits per heavy atom. The number of amides is 2. The van der Waals surface area contributed by atoms with Crippen LogP contribution in [0.3, 0.4) is 0 Å². The number of hydrogen-bond donors (Lipinski definition) is 3. The average molecular weight is 575 g/mol. The van der Waals surface area contributed by atoms with Crippen molar-refractivity contribution in [1.82, 2.24) is 29.9 Å². The first-order valence-electron chi connectivity index (χ1n) is 14.4. The monoisotopic (exact) mass is 574 g/mol. The summed E-state index contributed by atoms with van der Waals surface area (Å²) in [5.41, 5.74) is 11.6. The maximum atomic E-state index is 14.1. The molecule has 0 aliphatic carbocycles. The molecule has 0 saturated carbocycles. The summed E-state index contributed by atoms with van der Waals surface area (Å²) >= 11 is 0. The smallest absolute Gasteiger partial charge is 0.340 e. The highest BCUT2D eigenvalue weighted by Gasteiger charge is 2.34. The van der Waals surface area contributed by atoms with Crippen LogP contribution in [0.2, 0.25) is 0 Å². The minimum absolute atomic E-state index is 0.0755. The minimum Gasteiger partial charge on any atom is -0.364 e. The lowest BCUT2D eigenvalue weighted by molar-refractivity contribution is 0.0972. The van der Waals surface area contributed by atoms with Crippen LogP contribution < -0.4 is 16.3 Å². The van der Waals surface area contributed by atoms with Crippen LogP contribution >= 0.6 is 0 Å². The largest absolute Gasteiger partial charge is 0.364 e. The van der Waals surface area contributed by atoms with E-state index in [1.54, 1.807) is 29.2 Å². The maximum Gasteiger partial charge on any atom is 0.340 e. The molecule has 0 radical (unpaired) electrons. The fourth-order valence-corrected chi connectivity index (χ4v) is 6.13. The van der Waals surface area contributed by atoms with Gasteiger partial charge in [0.2, 0.25) is 0 Å². The molecule has 2 amide bonds. The highest BCUT2D eigenvalue weighted by Crippen LogP contribution is 2.32. The molecule has 0 unspecified atom stereocenters. The van der Waals surface area contributed by atoms with Crippen molar-refractivity contribution in [3.8, 4) is 28.2 Å². The summed E-state index contributed by atoms with van der Waals surface area (Å²) < 4.78 is 1.46. The van der Waals surface area contributed by atoms with Crippen molar-refractivity contribution in [3.63, 3.8) is 0 Å². The first kappa shape index (κ1) is 26.6. The van der Waals surface area contributed by atoms with E-state index in [0.29, 0.717) is 35.6 Å². The Morgan fingerprint density at radius 1 is 0.884 bits per heavy atom. The number of H-pyrrole nitrogens is 2. The number of aromatic amines is 2. The molecule has 216 valence electrons. The summed E-state index contributed by atoms with van der Waals surface area (Å²) in [5, 5.41) is 10.8. The number of aromatic nitrogens is 5. The van der Waals surface area contributed by atoms with E-state index in [4.69, 9.17) is 5.73 Å². The molecule has 3 aromatic carbocycles. The predicted molar refractivity (Wildman–Crippen MR) is 162 cm³/mol. The topological polar surface area (TPSA) is 146 Å². The second kappa shape index (κ2) is 10.8. The van der Waals surface area contributed by atoms with Crippen molar-refractivity contribution in [1.29, 1.82) is 0 Å². The summed E-state index contributed by atoms with van der Waals surface area (Å²) in [5.74, 6) is -0.624. The van der Waals surface area contributed by atoms with Gasteiger partial charge in [0.15, 0.2) is 11.5 Å². The molecular weight excluding hydrogens is 544 g/mol. The third kappa shape index (κ3) is 4.93. The van der Waals surface area contributed by atoms with Crippen molar-refractivity contribution in [2.24, 2.45) is 5.73 Å². The molecule has 11 heteroatoms. The van der Waals surface area contributed by atoms with Gasteiger partial charge in [-0.1, -0.05) is 48.5 Å². The average Bonchev–Trinajstić information content (AvgIpc) is 3.79. The van der Waals surface area contributed by atoms with Gasteiger partial charge in [0.05, 0.1) is 5.69 Å². The van der Waals surface area contributed by atoms with Crippen LogP contribution in [-0.2, 0) is 13.0 Å². The number of hydrogen-bond acceptors (Lipinski definition) is 6. The van der Waals surface area contributed by atoms with Gasteiger partial charge in [0, 0.05) is 29.9 Å². The summed E-state index contributed by atoms with van der Waals surface area (Å²) in [4.78, 5) is 44.8. The van der Waals surface area contributed by atoms with Crippen molar-refractivity contribution in [2.75, 3.05) is 24.5 Å². The highest BCUT2D eigenvalue weighted by molar-refractivity contribution is 6.09. The van der Waals surface area contributed by atoms with Gasteiger partial charge in [-0.05, 0) is 73.3 Å². The number of carbonyl (C=O) groups is 2. The number of nitrogens with zero attached hydrogens (tertiary/aromatic N) is 5. The molecule has 1 fully saturated rings. The van der Waals surface area contributed by atoms with E-state index in [2.05, 4.69) is 61.6 Å². The number of nitrogens with two attached hydrogens (primary N) is 1. The van der Waals surface area contributed by atoms with Gasteiger partial charge in [-0.3, -0.25) is 19.5 Å². The molecule has 1 saturated heterocycles. The van der Waals surface area contributed by atoms with E-state index >= 15 is 0 Å². The Morgan fingerprint density at radius 3 is 2.42 bits per heavy atom. The van der Waals surface area contributed by atoms with Crippen molar-refractivity contribution in [2.45, 2.75) is 25.8 Å². The van der Waals surface area contributed by atoms with Crippen molar-refractivity contribution in [3.05, 3.63) is 106 Å². The third-order valence-corrected chi connectivity index (χ3v) is 8.22. The molecule has 7 rings (SSSR count). The molecule has 2 aliphatic rings. The minimum atomic E-state index is -0.694. The number of nitrogens with one attached hydrogen (secondary N) is 2.